The molecule has 1 saturated carbocycles. The molecule has 1 amide bonds. The van der Waals surface area contributed by atoms with Crippen molar-refractivity contribution in [1.82, 2.24) is 10.0 Å². The summed E-state index contributed by atoms with van der Waals surface area (Å²) < 4.78 is 26.0. The molecular weight excluding hydrogens is 308 g/mol. The summed E-state index contributed by atoms with van der Waals surface area (Å²) in [6.07, 6.45) is 2.21. The molecule has 3 N–H and O–H groups in total. The SMILES string of the molecule is C=CCNS(=O)(=O)c1ccc(C(=O)NC2(C(=O)O)CC2)cc1. The molecular formula is C14H16N2O5S. The number of carbonyl (C=O) groups is 2. The highest BCUT2D eigenvalue weighted by atomic mass is 32.2. The van der Waals surface area contributed by atoms with E-state index < -0.39 is 27.4 Å². The number of rotatable bonds is 7. The fourth-order valence-corrected chi connectivity index (χ4v) is 2.84. The lowest BCUT2D eigenvalue weighted by Gasteiger charge is -2.12. The van der Waals surface area contributed by atoms with E-state index in [-0.39, 0.29) is 17.0 Å². The fraction of sp³-hybridized carbons (Fsp3) is 0.286. The Kier molecular flexibility index (Phi) is 4.34. The van der Waals surface area contributed by atoms with Crippen LogP contribution in [-0.4, -0.2) is 37.5 Å². The maximum atomic E-state index is 12.0. The van der Waals surface area contributed by atoms with E-state index >= 15 is 0 Å². The number of carboxylic acid groups (broad SMARTS) is 1. The Hall–Kier alpha value is -2.19. The third kappa shape index (κ3) is 3.34. The molecule has 0 bridgehead atoms. The number of carbonyl (C=O) groups excluding carboxylic acids is 1. The molecule has 1 aromatic carbocycles. The van der Waals surface area contributed by atoms with E-state index in [1.807, 2.05) is 0 Å². The van der Waals surface area contributed by atoms with Crippen molar-refractivity contribution in [2.75, 3.05) is 6.54 Å². The minimum Gasteiger partial charge on any atom is -0.480 e. The van der Waals surface area contributed by atoms with E-state index in [1.54, 1.807) is 0 Å². The van der Waals surface area contributed by atoms with E-state index in [9.17, 15) is 18.0 Å². The molecule has 1 fully saturated rings. The van der Waals surface area contributed by atoms with Gasteiger partial charge >= 0.3 is 5.97 Å². The Bertz CT molecular complexity index is 705. The van der Waals surface area contributed by atoms with E-state index in [0.29, 0.717) is 12.8 Å². The second-order valence-electron chi connectivity index (χ2n) is 5.01. The Balaban J connectivity index is 2.10. The number of amides is 1. The van der Waals surface area contributed by atoms with Crippen LogP contribution in [0.1, 0.15) is 23.2 Å². The summed E-state index contributed by atoms with van der Waals surface area (Å²) in [5.74, 6) is -1.60. The second-order valence-corrected chi connectivity index (χ2v) is 6.77. The van der Waals surface area contributed by atoms with Crippen molar-refractivity contribution in [1.29, 1.82) is 0 Å². The van der Waals surface area contributed by atoms with Gasteiger partial charge in [0.25, 0.3) is 5.91 Å². The first kappa shape index (κ1) is 16.2. The van der Waals surface area contributed by atoms with Gasteiger partial charge in [-0.05, 0) is 37.1 Å². The normalized spacial score (nSPS) is 15.8. The average molecular weight is 324 g/mol. The molecule has 0 radical (unpaired) electrons. The topological polar surface area (TPSA) is 113 Å². The van der Waals surface area contributed by atoms with E-state index in [2.05, 4.69) is 16.6 Å². The first-order valence-corrected chi connectivity index (χ1v) is 8.06. The minimum atomic E-state index is -3.65. The number of aliphatic carboxylic acids is 1. The molecule has 22 heavy (non-hydrogen) atoms. The Morgan fingerprint density at radius 1 is 1.27 bits per heavy atom. The molecule has 0 aliphatic heterocycles. The summed E-state index contributed by atoms with van der Waals surface area (Å²) in [4.78, 5) is 23.0. The van der Waals surface area contributed by atoms with Crippen molar-refractivity contribution in [3.05, 3.63) is 42.5 Å². The third-order valence-corrected chi connectivity index (χ3v) is 4.80. The van der Waals surface area contributed by atoms with Gasteiger partial charge in [-0.25, -0.2) is 17.9 Å². The van der Waals surface area contributed by atoms with Gasteiger partial charge in [-0.2, -0.15) is 0 Å². The van der Waals surface area contributed by atoms with Gasteiger partial charge < -0.3 is 10.4 Å². The standard InChI is InChI=1S/C14H16N2O5S/c1-2-9-15-22(20,21)11-5-3-10(4-6-11)12(17)16-14(7-8-14)13(18)19/h2-6,15H,1,7-9H2,(H,16,17)(H,18,19). The summed E-state index contributed by atoms with van der Waals surface area (Å²) in [5.41, 5.74) is -0.969. The van der Waals surface area contributed by atoms with Crippen LogP contribution < -0.4 is 10.0 Å². The Labute approximate surface area is 128 Å². The number of hydrogen-bond acceptors (Lipinski definition) is 4. The predicted molar refractivity (Wildman–Crippen MR) is 78.9 cm³/mol. The monoisotopic (exact) mass is 324 g/mol. The largest absolute Gasteiger partial charge is 0.480 e. The zero-order valence-corrected chi connectivity index (χ0v) is 12.5. The van der Waals surface area contributed by atoms with Gasteiger partial charge in [-0.15, -0.1) is 6.58 Å². The van der Waals surface area contributed by atoms with Crippen molar-refractivity contribution in [2.24, 2.45) is 0 Å². The molecule has 0 saturated heterocycles. The fourth-order valence-electron chi connectivity index (χ4n) is 1.84. The molecule has 7 nitrogen and oxygen atoms in total. The van der Waals surface area contributed by atoms with Gasteiger partial charge in [0.1, 0.15) is 5.54 Å². The molecule has 8 heteroatoms. The van der Waals surface area contributed by atoms with Crippen LogP contribution in [0, 0.1) is 0 Å². The van der Waals surface area contributed by atoms with Gasteiger partial charge in [0.05, 0.1) is 4.90 Å². The summed E-state index contributed by atoms with van der Waals surface area (Å²) in [5, 5.41) is 11.5. The molecule has 0 unspecified atom stereocenters. The van der Waals surface area contributed by atoms with Crippen LogP contribution in [0.25, 0.3) is 0 Å². The quantitative estimate of drug-likeness (QED) is 0.632. The zero-order valence-electron chi connectivity index (χ0n) is 11.7. The number of benzene rings is 1. The van der Waals surface area contributed by atoms with Crippen LogP contribution in [0.3, 0.4) is 0 Å². The predicted octanol–water partition coefficient (Wildman–Crippen LogP) is 0.498. The van der Waals surface area contributed by atoms with Crippen LogP contribution >= 0.6 is 0 Å². The maximum absolute atomic E-state index is 12.0. The molecule has 0 heterocycles. The second kappa shape index (κ2) is 5.90. The third-order valence-electron chi connectivity index (χ3n) is 3.36. The lowest BCUT2D eigenvalue weighted by Crippen LogP contribution is -2.43. The Morgan fingerprint density at radius 2 is 1.86 bits per heavy atom. The van der Waals surface area contributed by atoms with Gasteiger partial charge in [-0.1, -0.05) is 6.08 Å². The van der Waals surface area contributed by atoms with Gasteiger partial charge in [0.15, 0.2) is 0 Å². The summed E-state index contributed by atoms with van der Waals surface area (Å²) in [6, 6.07) is 5.27. The minimum absolute atomic E-state index is 0.0188. The van der Waals surface area contributed by atoms with Gasteiger partial charge in [0, 0.05) is 12.1 Å². The summed E-state index contributed by atoms with van der Waals surface area (Å²) in [6.45, 7) is 3.52. The summed E-state index contributed by atoms with van der Waals surface area (Å²) in [7, 11) is -3.65. The molecule has 1 aromatic rings. The molecule has 1 aliphatic rings. The van der Waals surface area contributed by atoms with Crippen molar-refractivity contribution in [3.63, 3.8) is 0 Å². The molecule has 0 aromatic heterocycles. The molecule has 2 rings (SSSR count). The lowest BCUT2D eigenvalue weighted by molar-refractivity contribution is -0.140. The molecule has 1 aliphatic carbocycles. The molecule has 0 spiro atoms. The number of sulfonamides is 1. The highest BCUT2D eigenvalue weighted by molar-refractivity contribution is 7.89. The van der Waals surface area contributed by atoms with Crippen LogP contribution in [0.15, 0.2) is 41.8 Å². The highest BCUT2D eigenvalue weighted by Crippen LogP contribution is 2.35. The smallest absolute Gasteiger partial charge is 0.329 e. The lowest BCUT2D eigenvalue weighted by atomic mass is 10.2. The van der Waals surface area contributed by atoms with E-state index in [1.165, 1.54) is 30.3 Å². The van der Waals surface area contributed by atoms with Crippen molar-refractivity contribution < 1.29 is 23.1 Å². The van der Waals surface area contributed by atoms with Crippen LogP contribution in [-0.2, 0) is 14.8 Å². The number of carboxylic acids is 1. The van der Waals surface area contributed by atoms with Crippen molar-refractivity contribution in [2.45, 2.75) is 23.3 Å². The zero-order chi connectivity index (χ0) is 16.4. The van der Waals surface area contributed by atoms with Gasteiger partial charge in [0.2, 0.25) is 10.0 Å². The highest BCUT2D eigenvalue weighted by Gasteiger charge is 2.51. The maximum Gasteiger partial charge on any atom is 0.329 e. The first-order valence-electron chi connectivity index (χ1n) is 6.57. The van der Waals surface area contributed by atoms with E-state index in [0.717, 1.165) is 0 Å². The number of hydrogen-bond donors (Lipinski definition) is 3. The van der Waals surface area contributed by atoms with E-state index in [4.69, 9.17) is 5.11 Å². The van der Waals surface area contributed by atoms with Gasteiger partial charge in [-0.3, -0.25) is 4.79 Å². The number of nitrogens with one attached hydrogen (secondary N) is 2. The molecule has 118 valence electrons. The first-order chi connectivity index (χ1) is 10.3. The summed E-state index contributed by atoms with van der Waals surface area (Å²) >= 11 is 0. The van der Waals surface area contributed by atoms with Crippen molar-refractivity contribution in [3.8, 4) is 0 Å². The van der Waals surface area contributed by atoms with Crippen LogP contribution in [0.4, 0.5) is 0 Å². The average Bonchev–Trinajstić information content (AvgIpc) is 3.26. The van der Waals surface area contributed by atoms with Crippen LogP contribution in [0.5, 0.6) is 0 Å². The van der Waals surface area contributed by atoms with Crippen molar-refractivity contribution >= 4 is 21.9 Å². The Morgan fingerprint density at radius 3 is 2.32 bits per heavy atom. The van der Waals surface area contributed by atoms with Crippen LogP contribution in [0.2, 0.25) is 0 Å². The molecule has 0 atom stereocenters.